The molecule has 1 aromatic carbocycles. The number of nitrogens with zero attached hydrogens (tertiary/aromatic N) is 1. The van der Waals surface area contributed by atoms with Crippen LogP contribution >= 0.6 is 12.4 Å². The van der Waals surface area contributed by atoms with Crippen molar-refractivity contribution in [1.82, 2.24) is 10.3 Å². The van der Waals surface area contributed by atoms with E-state index in [0.717, 1.165) is 42.1 Å². The Morgan fingerprint density at radius 3 is 2.95 bits per heavy atom. The van der Waals surface area contributed by atoms with Crippen molar-refractivity contribution in [2.24, 2.45) is 0 Å². The summed E-state index contributed by atoms with van der Waals surface area (Å²) in [5, 5.41) is 6.29. The van der Waals surface area contributed by atoms with Crippen LogP contribution in [0.3, 0.4) is 0 Å². The van der Waals surface area contributed by atoms with Gasteiger partial charge in [-0.1, -0.05) is 0 Å². The number of hydrogen-bond donors (Lipinski definition) is 2. The summed E-state index contributed by atoms with van der Waals surface area (Å²) in [6, 6.07) is 5.98. The van der Waals surface area contributed by atoms with Gasteiger partial charge in [0.2, 0.25) is 5.91 Å². The lowest BCUT2D eigenvalue weighted by Gasteiger charge is -2.10. The van der Waals surface area contributed by atoms with E-state index in [1.807, 2.05) is 18.2 Å². The van der Waals surface area contributed by atoms with Crippen molar-refractivity contribution in [3.05, 3.63) is 24.1 Å². The van der Waals surface area contributed by atoms with Gasteiger partial charge in [0, 0.05) is 24.1 Å². The maximum Gasteiger partial charge on any atom is 0.225 e. The van der Waals surface area contributed by atoms with Crippen molar-refractivity contribution in [2.45, 2.75) is 44.1 Å². The van der Waals surface area contributed by atoms with Crippen LogP contribution in [0.25, 0.3) is 11.1 Å². The average Bonchev–Trinajstić information content (AvgIpc) is 3.03. The Bertz CT molecular complexity index is 675. The van der Waals surface area contributed by atoms with Gasteiger partial charge in [-0.15, -0.1) is 12.4 Å². The van der Waals surface area contributed by atoms with Crippen molar-refractivity contribution in [3.8, 4) is 0 Å². The van der Waals surface area contributed by atoms with E-state index >= 15 is 0 Å². The number of halogens is 1. The van der Waals surface area contributed by atoms with E-state index in [1.54, 1.807) is 0 Å². The number of fused-ring (bicyclic) bond motifs is 1. The molecule has 1 amide bonds. The van der Waals surface area contributed by atoms with Crippen molar-refractivity contribution in [3.63, 3.8) is 0 Å². The minimum absolute atomic E-state index is 0. The average molecular weight is 322 g/mol. The molecule has 6 heteroatoms. The second-order valence-electron chi connectivity index (χ2n) is 6.05. The van der Waals surface area contributed by atoms with E-state index in [4.69, 9.17) is 4.42 Å². The first-order chi connectivity index (χ1) is 10.3. The second-order valence-corrected chi connectivity index (χ2v) is 6.05. The molecule has 22 heavy (non-hydrogen) atoms. The number of hydrogen-bond acceptors (Lipinski definition) is 4. The fraction of sp³-hybridized carbons (Fsp3) is 0.500. The summed E-state index contributed by atoms with van der Waals surface area (Å²) < 4.78 is 5.73. The molecule has 2 heterocycles. The third-order valence-corrected chi connectivity index (χ3v) is 4.21. The quantitative estimate of drug-likeness (QED) is 0.907. The summed E-state index contributed by atoms with van der Waals surface area (Å²) >= 11 is 0. The molecule has 1 aliphatic carbocycles. The smallest absolute Gasteiger partial charge is 0.225 e. The fourth-order valence-corrected chi connectivity index (χ4v) is 2.89. The van der Waals surface area contributed by atoms with Gasteiger partial charge in [-0.05, 0) is 50.4 Å². The summed E-state index contributed by atoms with van der Waals surface area (Å²) in [5.41, 5.74) is 2.42. The number of benzene rings is 1. The van der Waals surface area contributed by atoms with Crippen LogP contribution in [-0.2, 0) is 4.79 Å². The van der Waals surface area contributed by atoms with E-state index in [-0.39, 0.29) is 18.3 Å². The standard InChI is InChI=1S/C16H19N3O2.ClH/c20-15(9-11-2-1-7-17-11)18-12-5-6-14-13(8-12)19-16(21-14)10-3-4-10;/h5-6,8,10-11,17H,1-4,7,9H2,(H,18,20);1H. The highest BCUT2D eigenvalue weighted by molar-refractivity contribution is 5.93. The molecule has 0 bridgehead atoms. The summed E-state index contributed by atoms with van der Waals surface area (Å²) in [4.78, 5) is 16.5. The zero-order valence-corrected chi connectivity index (χ0v) is 13.1. The Hall–Kier alpha value is -1.59. The number of oxazole rings is 1. The molecular formula is C16H20ClN3O2. The molecular weight excluding hydrogens is 302 g/mol. The first kappa shape index (κ1) is 15.3. The summed E-state index contributed by atoms with van der Waals surface area (Å²) in [5.74, 6) is 1.40. The summed E-state index contributed by atoms with van der Waals surface area (Å²) in [6.45, 7) is 1.02. The number of carbonyl (C=O) groups excluding carboxylic acids is 1. The lowest BCUT2D eigenvalue weighted by atomic mass is 10.1. The van der Waals surface area contributed by atoms with Crippen LogP contribution in [0.15, 0.2) is 22.6 Å². The maximum atomic E-state index is 12.0. The van der Waals surface area contributed by atoms with E-state index in [2.05, 4.69) is 15.6 Å². The molecule has 2 aromatic rings. The number of anilines is 1. The van der Waals surface area contributed by atoms with E-state index in [1.165, 1.54) is 12.8 Å². The summed E-state index contributed by atoms with van der Waals surface area (Å²) in [6.07, 6.45) is 5.12. The van der Waals surface area contributed by atoms with Crippen LogP contribution in [-0.4, -0.2) is 23.5 Å². The molecule has 1 saturated carbocycles. The third-order valence-electron chi connectivity index (χ3n) is 4.21. The van der Waals surface area contributed by atoms with Crippen molar-refractivity contribution in [1.29, 1.82) is 0 Å². The molecule has 1 atom stereocenters. The highest BCUT2D eigenvalue weighted by Crippen LogP contribution is 2.40. The van der Waals surface area contributed by atoms with E-state index in [9.17, 15) is 4.79 Å². The zero-order valence-electron chi connectivity index (χ0n) is 12.3. The molecule has 118 valence electrons. The van der Waals surface area contributed by atoms with Crippen LogP contribution in [0.4, 0.5) is 5.69 Å². The Balaban J connectivity index is 0.00000144. The molecule has 4 rings (SSSR count). The normalized spacial score (nSPS) is 20.8. The largest absolute Gasteiger partial charge is 0.440 e. The Labute approximate surface area is 135 Å². The molecule has 1 aromatic heterocycles. The molecule has 2 aliphatic rings. The van der Waals surface area contributed by atoms with Crippen molar-refractivity contribution in [2.75, 3.05) is 11.9 Å². The predicted molar refractivity (Wildman–Crippen MR) is 87.5 cm³/mol. The van der Waals surface area contributed by atoms with Crippen LogP contribution in [0.1, 0.15) is 43.9 Å². The Morgan fingerprint density at radius 1 is 1.36 bits per heavy atom. The van der Waals surface area contributed by atoms with Gasteiger partial charge in [-0.25, -0.2) is 4.98 Å². The van der Waals surface area contributed by atoms with E-state index < -0.39 is 0 Å². The predicted octanol–water partition coefficient (Wildman–Crippen LogP) is 3.21. The monoisotopic (exact) mass is 321 g/mol. The lowest BCUT2D eigenvalue weighted by molar-refractivity contribution is -0.116. The molecule has 1 aliphatic heterocycles. The molecule has 1 saturated heterocycles. The Morgan fingerprint density at radius 2 is 2.23 bits per heavy atom. The van der Waals surface area contributed by atoms with Gasteiger partial charge in [0.1, 0.15) is 5.52 Å². The van der Waals surface area contributed by atoms with E-state index in [0.29, 0.717) is 18.4 Å². The van der Waals surface area contributed by atoms with Gasteiger partial charge in [-0.3, -0.25) is 4.79 Å². The highest BCUT2D eigenvalue weighted by Gasteiger charge is 2.28. The molecule has 2 N–H and O–H groups in total. The molecule has 0 radical (unpaired) electrons. The highest BCUT2D eigenvalue weighted by atomic mass is 35.5. The number of amides is 1. The van der Waals surface area contributed by atoms with Crippen molar-refractivity contribution >= 4 is 35.1 Å². The molecule has 1 unspecified atom stereocenters. The van der Waals surface area contributed by atoms with Gasteiger partial charge in [0.05, 0.1) is 0 Å². The van der Waals surface area contributed by atoms with Crippen LogP contribution in [0.5, 0.6) is 0 Å². The SMILES string of the molecule is Cl.O=C(CC1CCCN1)Nc1ccc2oc(C3CC3)nc2c1. The third kappa shape index (κ3) is 3.25. The number of nitrogens with one attached hydrogen (secondary N) is 2. The Kier molecular flexibility index (Phi) is 4.36. The first-order valence-electron chi connectivity index (χ1n) is 7.72. The number of carbonyl (C=O) groups is 1. The number of rotatable bonds is 4. The molecule has 0 spiro atoms. The maximum absolute atomic E-state index is 12.0. The van der Waals surface area contributed by atoms with Crippen molar-refractivity contribution < 1.29 is 9.21 Å². The second kappa shape index (κ2) is 6.26. The van der Waals surface area contributed by atoms with Gasteiger partial charge < -0.3 is 15.1 Å². The van der Waals surface area contributed by atoms with Gasteiger partial charge in [-0.2, -0.15) is 0 Å². The minimum atomic E-state index is 0. The van der Waals surface area contributed by atoms with Gasteiger partial charge in [0.15, 0.2) is 11.5 Å². The number of aromatic nitrogens is 1. The van der Waals surface area contributed by atoms with Crippen LogP contribution < -0.4 is 10.6 Å². The minimum Gasteiger partial charge on any atom is -0.440 e. The zero-order chi connectivity index (χ0) is 14.2. The molecule has 5 nitrogen and oxygen atoms in total. The lowest BCUT2D eigenvalue weighted by Crippen LogP contribution is -2.27. The first-order valence-corrected chi connectivity index (χ1v) is 7.72. The van der Waals surface area contributed by atoms with Gasteiger partial charge in [0.25, 0.3) is 0 Å². The topological polar surface area (TPSA) is 67.2 Å². The summed E-state index contributed by atoms with van der Waals surface area (Å²) in [7, 11) is 0. The molecule has 2 fully saturated rings. The van der Waals surface area contributed by atoms with Crippen LogP contribution in [0, 0.1) is 0 Å². The fourth-order valence-electron chi connectivity index (χ4n) is 2.89. The van der Waals surface area contributed by atoms with Crippen LogP contribution in [0.2, 0.25) is 0 Å². The van der Waals surface area contributed by atoms with Gasteiger partial charge >= 0.3 is 0 Å².